The molecule has 0 spiro atoms. The average Bonchev–Trinajstić information content (AvgIpc) is 2.09. The highest BCUT2D eigenvalue weighted by molar-refractivity contribution is 6.18. The van der Waals surface area contributed by atoms with Crippen LogP contribution in [0.1, 0.15) is 59.3 Å². The van der Waals surface area contributed by atoms with Gasteiger partial charge < -0.3 is 0 Å². The highest BCUT2D eigenvalue weighted by Gasteiger charge is 2.08. The lowest BCUT2D eigenvalue weighted by atomic mass is 9.93. The predicted molar refractivity (Wildman–Crippen MR) is 62.4 cm³/mol. The lowest BCUT2D eigenvalue weighted by Crippen LogP contribution is -2.06. The molecule has 80 valence electrons. The van der Waals surface area contributed by atoms with Crippen LogP contribution in [0.5, 0.6) is 0 Å². The van der Waals surface area contributed by atoms with Gasteiger partial charge in [-0.25, -0.2) is 0 Å². The molecule has 1 atom stereocenters. The highest BCUT2D eigenvalue weighted by atomic mass is 35.5. The predicted octanol–water partition coefficient (Wildman–Crippen LogP) is 4.86. The van der Waals surface area contributed by atoms with Gasteiger partial charge in [0.1, 0.15) is 0 Å². The first-order valence-electron chi connectivity index (χ1n) is 5.76. The number of hydrogen-bond acceptors (Lipinski definition) is 0. The Morgan fingerprint density at radius 1 is 1.08 bits per heavy atom. The van der Waals surface area contributed by atoms with Gasteiger partial charge in [-0.05, 0) is 24.7 Å². The van der Waals surface area contributed by atoms with Crippen molar-refractivity contribution in [2.45, 2.75) is 59.3 Å². The van der Waals surface area contributed by atoms with Gasteiger partial charge in [0.15, 0.2) is 0 Å². The van der Waals surface area contributed by atoms with Crippen molar-refractivity contribution < 1.29 is 0 Å². The molecule has 0 heterocycles. The number of rotatable bonds is 8. The van der Waals surface area contributed by atoms with Gasteiger partial charge in [0.2, 0.25) is 0 Å². The lowest BCUT2D eigenvalue weighted by molar-refractivity contribution is 0.402. The van der Waals surface area contributed by atoms with Gasteiger partial charge in [0.25, 0.3) is 0 Å². The van der Waals surface area contributed by atoms with Gasteiger partial charge in [-0.2, -0.15) is 0 Å². The number of unbranched alkanes of at least 4 members (excludes halogenated alkanes) is 3. The number of hydrogen-bond donors (Lipinski definition) is 0. The molecule has 0 aliphatic rings. The first-order chi connectivity index (χ1) is 6.20. The van der Waals surface area contributed by atoms with Crippen LogP contribution in [0, 0.1) is 11.8 Å². The molecule has 0 aromatic carbocycles. The zero-order chi connectivity index (χ0) is 10.1. The normalized spacial score (nSPS) is 13.6. The van der Waals surface area contributed by atoms with Crippen LogP contribution in [-0.2, 0) is 0 Å². The second-order valence-corrected chi connectivity index (χ2v) is 4.81. The lowest BCUT2D eigenvalue weighted by Gasteiger charge is -2.15. The molecule has 0 radical (unpaired) electrons. The molecule has 0 saturated carbocycles. The molecule has 0 rings (SSSR count). The smallest absolute Gasteiger partial charge is 0.0251 e. The minimum Gasteiger partial charge on any atom is -0.126 e. The van der Waals surface area contributed by atoms with E-state index in [1.807, 2.05) is 0 Å². The van der Waals surface area contributed by atoms with Crippen LogP contribution < -0.4 is 0 Å². The molecular weight excluding hydrogens is 180 g/mol. The van der Waals surface area contributed by atoms with Crippen molar-refractivity contribution in [1.29, 1.82) is 0 Å². The van der Waals surface area contributed by atoms with E-state index in [-0.39, 0.29) is 0 Å². The van der Waals surface area contributed by atoms with Crippen molar-refractivity contribution in [2.24, 2.45) is 11.8 Å². The average molecular weight is 205 g/mol. The van der Waals surface area contributed by atoms with E-state index in [9.17, 15) is 0 Å². The van der Waals surface area contributed by atoms with E-state index >= 15 is 0 Å². The summed E-state index contributed by atoms with van der Waals surface area (Å²) in [6.07, 6.45) is 8.11. The van der Waals surface area contributed by atoms with Gasteiger partial charge in [0, 0.05) is 5.88 Å². The molecule has 0 aliphatic heterocycles. The van der Waals surface area contributed by atoms with E-state index < -0.39 is 0 Å². The standard InChI is InChI=1S/C12H25Cl/c1-4-5-6-7-8-12(10-13)9-11(2)3/h11-12H,4-10H2,1-3H3. The molecule has 0 aliphatic carbocycles. The Balaban J connectivity index is 3.36. The van der Waals surface area contributed by atoms with Gasteiger partial charge in [-0.15, -0.1) is 11.6 Å². The van der Waals surface area contributed by atoms with Crippen molar-refractivity contribution in [1.82, 2.24) is 0 Å². The van der Waals surface area contributed by atoms with E-state index in [0.29, 0.717) is 0 Å². The monoisotopic (exact) mass is 204 g/mol. The van der Waals surface area contributed by atoms with Crippen LogP contribution in [0.4, 0.5) is 0 Å². The van der Waals surface area contributed by atoms with E-state index in [0.717, 1.165) is 17.7 Å². The maximum Gasteiger partial charge on any atom is 0.0251 e. The van der Waals surface area contributed by atoms with Crippen LogP contribution in [0.2, 0.25) is 0 Å². The summed E-state index contributed by atoms with van der Waals surface area (Å²) in [5.41, 5.74) is 0. The Morgan fingerprint density at radius 3 is 2.23 bits per heavy atom. The molecule has 0 nitrogen and oxygen atoms in total. The molecule has 1 heteroatoms. The Kier molecular flexibility index (Phi) is 9.07. The van der Waals surface area contributed by atoms with Crippen molar-refractivity contribution in [3.8, 4) is 0 Å². The van der Waals surface area contributed by atoms with Gasteiger partial charge in [-0.3, -0.25) is 0 Å². The number of alkyl halides is 1. The fourth-order valence-corrected chi connectivity index (χ4v) is 2.06. The molecule has 13 heavy (non-hydrogen) atoms. The molecule has 0 fully saturated rings. The van der Waals surface area contributed by atoms with Crippen LogP contribution in [0.15, 0.2) is 0 Å². The summed E-state index contributed by atoms with van der Waals surface area (Å²) in [5.74, 6) is 2.41. The zero-order valence-electron chi connectivity index (χ0n) is 9.48. The third kappa shape index (κ3) is 8.62. The molecule has 0 N–H and O–H groups in total. The molecule has 0 saturated heterocycles. The Morgan fingerprint density at radius 2 is 1.77 bits per heavy atom. The van der Waals surface area contributed by atoms with Crippen LogP contribution in [0.25, 0.3) is 0 Å². The molecule has 0 amide bonds. The first kappa shape index (κ1) is 13.3. The molecule has 1 unspecified atom stereocenters. The van der Waals surface area contributed by atoms with Crippen molar-refractivity contribution in [2.75, 3.05) is 5.88 Å². The number of halogens is 1. The zero-order valence-corrected chi connectivity index (χ0v) is 10.2. The Bertz CT molecular complexity index is 99.3. The maximum atomic E-state index is 5.92. The summed E-state index contributed by atoms with van der Waals surface area (Å²) in [4.78, 5) is 0. The minimum atomic E-state index is 0.763. The summed E-state index contributed by atoms with van der Waals surface area (Å²) in [7, 11) is 0. The van der Waals surface area contributed by atoms with Crippen molar-refractivity contribution in [3.05, 3.63) is 0 Å². The Hall–Kier alpha value is 0.290. The van der Waals surface area contributed by atoms with Gasteiger partial charge >= 0.3 is 0 Å². The van der Waals surface area contributed by atoms with Crippen molar-refractivity contribution in [3.63, 3.8) is 0 Å². The summed E-state index contributed by atoms with van der Waals surface area (Å²) in [6, 6.07) is 0. The third-order valence-electron chi connectivity index (χ3n) is 2.49. The SMILES string of the molecule is CCCCCCC(CCl)CC(C)C. The summed E-state index contributed by atoms with van der Waals surface area (Å²) in [5, 5.41) is 0. The van der Waals surface area contributed by atoms with E-state index in [2.05, 4.69) is 20.8 Å². The fraction of sp³-hybridized carbons (Fsp3) is 1.00. The van der Waals surface area contributed by atoms with E-state index in [1.54, 1.807) is 0 Å². The topological polar surface area (TPSA) is 0 Å². The van der Waals surface area contributed by atoms with Crippen LogP contribution in [-0.4, -0.2) is 5.88 Å². The first-order valence-corrected chi connectivity index (χ1v) is 6.30. The van der Waals surface area contributed by atoms with Crippen LogP contribution >= 0.6 is 11.6 Å². The molecule has 0 aromatic rings. The van der Waals surface area contributed by atoms with Crippen molar-refractivity contribution >= 4 is 11.6 Å². The molecule has 0 aromatic heterocycles. The fourth-order valence-electron chi connectivity index (χ4n) is 1.78. The Labute approximate surface area is 89.1 Å². The highest BCUT2D eigenvalue weighted by Crippen LogP contribution is 2.20. The summed E-state index contributed by atoms with van der Waals surface area (Å²) in [6.45, 7) is 6.82. The summed E-state index contributed by atoms with van der Waals surface area (Å²) >= 11 is 5.92. The van der Waals surface area contributed by atoms with Gasteiger partial charge in [-0.1, -0.05) is 46.5 Å². The van der Waals surface area contributed by atoms with Crippen LogP contribution in [0.3, 0.4) is 0 Å². The molecular formula is C12H25Cl. The quantitative estimate of drug-likeness (QED) is 0.392. The summed E-state index contributed by atoms with van der Waals surface area (Å²) < 4.78 is 0. The second kappa shape index (κ2) is 8.87. The molecule has 0 bridgehead atoms. The maximum absolute atomic E-state index is 5.92. The minimum absolute atomic E-state index is 0.763. The second-order valence-electron chi connectivity index (χ2n) is 4.50. The van der Waals surface area contributed by atoms with E-state index in [1.165, 1.54) is 38.5 Å². The van der Waals surface area contributed by atoms with Gasteiger partial charge in [0.05, 0.1) is 0 Å². The largest absolute Gasteiger partial charge is 0.126 e. The van der Waals surface area contributed by atoms with E-state index in [4.69, 9.17) is 11.6 Å². The third-order valence-corrected chi connectivity index (χ3v) is 2.93.